The average Bonchev–Trinajstić information content (AvgIpc) is 3.26. The molecule has 3 aliphatic heterocycles. The lowest BCUT2D eigenvalue weighted by molar-refractivity contribution is 0.134. The molecule has 0 aliphatic carbocycles. The molecule has 7 nitrogen and oxygen atoms in total. The van der Waals surface area contributed by atoms with Crippen LogP contribution in [0.15, 0.2) is 48.7 Å². The van der Waals surface area contributed by atoms with E-state index >= 15 is 0 Å². The van der Waals surface area contributed by atoms with E-state index in [1.165, 1.54) is 16.8 Å². The average molecular weight is 455 g/mol. The van der Waals surface area contributed by atoms with Crippen molar-refractivity contribution in [3.8, 4) is 6.07 Å². The summed E-state index contributed by atoms with van der Waals surface area (Å²) in [6.07, 6.45) is 1.76. The summed E-state index contributed by atoms with van der Waals surface area (Å²) in [4.78, 5) is 12.0. The second kappa shape index (κ2) is 8.55. The van der Waals surface area contributed by atoms with Crippen LogP contribution in [0.3, 0.4) is 0 Å². The second-order valence-electron chi connectivity index (χ2n) is 9.75. The molecule has 2 aromatic carbocycles. The highest BCUT2D eigenvalue weighted by molar-refractivity contribution is 5.95. The minimum atomic E-state index is 0.138. The van der Waals surface area contributed by atoms with Crippen LogP contribution in [0.2, 0.25) is 0 Å². The molecule has 174 valence electrons. The third-order valence-corrected chi connectivity index (χ3v) is 7.73. The largest absolute Gasteiger partial charge is 0.395 e. The highest BCUT2D eigenvalue weighted by atomic mass is 16.3. The SMILES string of the molecule is CC1CN(c2ccc(C#N)c3ncccc23)CC2c3ccc(N4CCNC(CO)C4)cc3CN12. The first-order valence-corrected chi connectivity index (χ1v) is 12.2. The molecule has 0 spiro atoms. The molecule has 3 unspecified atom stereocenters. The van der Waals surface area contributed by atoms with E-state index in [2.05, 4.69) is 68.3 Å². The van der Waals surface area contributed by atoms with Crippen LogP contribution in [0.1, 0.15) is 29.7 Å². The smallest absolute Gasteiger partial charge is 0.101 e. The van der Waals surface area contributed by atoms with Gasteiger partial charge in [-0.15, -0.1) is 0 Å². The fourth-order valence-electron chi connectivity index (χ4n) is 6.01. The number of hydrogen-bond acceptors (Lipinski definition) is 7. The molecule has 0 bridgehead atoms. The van der Waals surface area contributed by atoms with Crippen molar-refractivity contribution in [3.05, 3.63) is 65.4 Å². The minimum Gasteiger partial charge on any atom is -0.395 e. The topological polar surface area (TPSA) is 78.7 Å². The molecule has 1 aromatic heterocycles. The molecule has 3 aliphatic rings. The summed E-state index contributed by atoms with van der Waals surface area (Å²) in [6.45, 7) is 8.04. The lowest BCUT2D eigenvalue weighted by Crippen LogP contribution is -2.52. The quantitative estimate of drug-likeness (QED) is 0.630. The van der Waals surface area contributed by atoms with Crippen LogP contribution < -0.4 is 15.1 Å². The predicted octanol–water partition coefficient (Wildman–Crippen LogP) is 2.64. The lowest BCUT2D eigenvalue weighted by Gasteiger charge is -2.44. The number of anilines is 2. The Bertz CT molecular complexity index is 1270. The Kier molecular flexibility index (Phi) is 5.37. The number of aliphatic hydroxyl groups is 1. The fourth-order valence-corrected chi connectivity index (χ4v) is 6.01. The van der Waals surface area contributed by atoms with Crippen molar-refractivity contribution in [3.63, 3.8) is 0 Å². The summed E-state index contributed by atoms with van der Waals surface area (Å²) in [7, 11) is 0. The van der Waals surface area contributed by atoms with Crippen LogP contribution in [0.4, 0.5) is 11.4 Å². The van der Waals surface area contributed by atoms with E-state index in [1.807, 2.05) is 12.1 Å². The Morgan fingerprint density at radius 3 is 2.91 bits per heavy atom. The molecule has 0 saturated carbocycles. The Morgan fingerprint density at radius 2 is 2.06 bits per heavy atom. The van der Waals surface area contributed by atoms with E-state index in [-0.39, 0.29) is 12.6 Å². The summed E-state index contributed by atoms with van der Waals surface area (Å²) >= 11 is 0. The van der Waals surface area contributed by atoms with E-state index in [9.17, 15) is 10.4 Å². The van der Waals surface area contributed by atoms with Crippen LogP contribution in [0.5, 0.6) is 0 Å². The fraction of sp³-hybridized carbons (Fsp3) is 0.407. The van der Waals surface area contributed by atoms with Gasteiger partial charge in [0.15, 0.2) is 0 Å². The number of pyridine rings is 1. The molecular formula is C27H30N6O. The van der Waals surface area contributed by atoms with Gasteiger partial charge in [0, 0.05) is 74.3 Å². The molecule has 7 heteroatoms. The predicted molar refractivity (Wildman–Crippen MR) is 134 cm³/mol. The highest BCUT2D eigenvalue weighted by Gasteiger charge is 2.39. The van der Waals surface area contributed by atoms with Crippen LogP contribution in [-0.4, -0.2) is 66.4 Å². The highest BCUT2D eigenvalue weighted by Crippen LogP contribution is 2.42. The summed E-state index contributed by atoms with van der Waals surface area (Å²) in [5, 5.41) is 23.5. The zero-order chi connectivity index (χ0) is 23.2. The first-order chi connectivity index (χ1) is 16.7. The standard InChI is InChI=1S/C27H30N6O/c1-18-13-32(25-7-4-19(12-28)27-24(25)3-2-8-30-27)16-26-23-6-5-22(11-20(23)14-33(18)26)31-10-9-29-21(15-31)17-34/h2-8,11,18,21,26,29,34H,9-10,13-17H2,1H3. The number of rotatable bonds is 3. The van der Waals surface area contributed by atoms with Gasteiger partial charge in [0.05, 0.1) is 23.7 Å². The third kappa shape index (κ3) is 3.50. The maximum Gasteiger partial charge on any atom is 0.101 e. The summed E-state index contributed by atoms with van der Waals surface area (Å²) in [6, 6.07) is 18.2. The van der Waals surface area contributed by atoms with Crippen molar-refractivity contribution in [2.45, 2.75) is 31.6 Å². The molecule has 2 fully saturated rings. The van der Waals surface area contributed by atoms with Crippen LogP contribution in [0, 0.1) is 11.3 Å². The van der Waals surface area contributed by atoms with Gasteiger partial charge in [0.1, 0.15) is 6.07 Å². The monoisotopic (exact) mass is 454 g/mol. The zero-order valence-corrected chi connectivity index (χ0v) is 19.5. The Labute approximate surface area is 200 Å². The second-order valence-corrected chi connectivity index (χ2v) is 9.75. The number of aliphatic hydroxyl groups excluding tert-OH is 1. The van der Waals surface area contributed by atoms with Gasteiger partial charge in [-0.1, -0.05) is 6.07 Å². The van der Waals surface area contributed by atoms with Crippen molar-refractivity contribution < 1.29 is 5.11 Å². The van der Waals surface area contributed by atoms with Crippen molar-refractivity contribution in [2.75, 3.05) is 49.1 Å². The van der Waals surface area contributed by atoms with Gasteiger partial charge in [0.2, 0.25) is 0 Å². The maximum absolute atomic E-state index is 9.57. The molecule has 0 radical (unpaired) electrons. The van der Waals surface area contributed by atoms with Crippen molar-refractivity contribution in [1.82, 2.24) is 15.2 Å². The van der Waals surface area contributed by atoms with Crippen molar-refractivity contribution >= 4 is 22.3 Å². The van der Waals surface area contributed by atoms with E-state index in [0.29, 0.717) is 17.6 Å². The van der Waals surface area contributed by atoms with Gasteiger partial charge in [-0.05, 0) is 54.4 Å². The van der Waals surface area contributed by atoms with E-state index < -0.39 is 0 Å². The van der Waals surface area contributed by atoms with Gasteiger partial charge in [-0.25, -0.2) is 0 Å². The van der Waals surface area contributed by atoms with E-state index in [4.69, 9.17) is 0 Å². The minimum absolute atomic E-state index is 0.138. The van der Waals surface area contributed by atoms with Crippen molar-refractivity contribution in [2.24, 2.45) is 0 Å². The molecule has 34 heavy (non-hydrogen) atoms. The van der Waals surface area contributed by atoms with Crippen molar-refractivity contribution in [1.29, 1.82) is 5.26 Å². The molecule has 4 heterocycles. The maximum atomic E-state index is 9.57. The first-order valence-electron chi connectivity index (χ1n) is 12.2. The molecule has 0 amide bonds. The first kappa shape index (κ1) is 21.4. The normalized spacial score (nSPS) is 24.7. The van der Waals surface area contributed by atoms with Gasteiger partial charge in [-0.2, -0.15) is 5.26 Å². The third-order valence-electron chi connectivity index (χ3n) is 7.73. The Morgan fingerprint density at radius 1 is 1.15 bits per heavy atom. The number of nitrogens with zero attached hydrogens (tertiary/aromatic N) is 5. The molecule has 6 rings (SSSR count). The summed E-state index contributed by atoms with van der Waals surface area (Å²) < 4.78 is 0. The molecule has 2 N–H and O–H groups in total. The van der Waals surface area contributed by atoms with E-state index in [1.54, 1.807) is 6.20 Å². The number of nitrogens with one attached hydrogen (secondary N) is 1. The number of nitriles is 1. The molecule has 3 aromatic rings. The molecule has 3 atom stereocenters. The number of hydrogen-bond donors (Lipinski definition) is 2. The molecular weight excluding hydrogens is 424 g/mol. The van der Waals surface area contributed by atoms with Crippen LogP contribution in [-0.2, 0) is 6.54 Å². The van der Waals surface area contributed by atoms with Crippen LogP contribution >= 0.6 is 0 Å². The molecule has 2 saturated heterocycles. The van der Waals surface area contributed by atoms with Crippen LogP contribution in [0.25, 0.3) is 10.9 Å². The Hall–Kier alpha value is -3.18. The number of piperazine rings is 2. The summed E-state index contributed by atoms with van der Waals surface area (Å²) in [5.74, 6) is 0. The number of fused-ring (bicyclic) bond motifs is 4. The zero-order valence-electron chi connectivity index (χ0n) is 19.5. The van der Waals surface area contributed by atoms with Gasteiger partial charge in [0.25, 0.3) is 0 Å². The number of aromatic nitrogens is 1. The number of benzene rings is 2. The summed E-state index contributed by atoms with van der Waals surface area (Å²) in [5.41, 5.74) is 6.67. The van der Waals surface area contributed by atoms with E-state index in [0.717, 1.165) is 55.9 Å². The lowest BCUT2D eigenvalue weighted by atomic mass is 9.99. The Balaban J connectivity index is 1.30. The van der Waals surface area contributed by atoms with Gasteiger partial charge in [-0.3, -0.25) is 9.88 Å². The van der Waals surface area contributed by atoms with Gasteiger partial charge < -0.3 is 20.2 Å². The van der Waals surface area contributed by atoms with Gasteiger partial charge >= 0.3 is 0 Å².